The standard InChI is InChI=1S/C15H28O2/c1-3-12-5-7-13(8-6-12)14(16)11-15(17-2)9-4-10-15/h12-14,16H,3-11H2,1-2H3. The Labute approximate surface area is 106 Å². The Balaban J connectivity index is 1.78. The van der Waals surface area contributed by atoms with Crippen LogP contribution in [0, 0.1) is 11.8 Å². The van der Waals surface area contributed by atoms with Crippen molar-refractivity contribution in [2.24, 2.45) is 11.8 Å². The summed E-state index contributed by atoms with van der Waals surface area (Å²) in [5.74, 6) is 1.45. The molecular weight excluding hydrogens is 212 g/mol. The minimum Gasteiger partial charge on any atom is -0.393 e. The molecule has 0 spiro atoms. The van der Waals surface area contributed by atoms with E-state index in [-0.39, 0.29) is 11.7 Å². The molecule has 2 aliphatic carbocycles. The Morgan fingerprint density at radius 2 is 1.88 bits per heavy atom. The molecule has 1 N–H and O–H groups in total. The predicted molar refractivity (Wildman–Crippen MR) is 70.0 cm³/mol. The highest BCUT2D eigenvalue weighted by molar-refractivity contribution is 4.93. The van der Waals surface area contributed by atoms with Gasteiger partial charge in [0.05, 0.1) is 11.7 Å². The predicted octanol–water partition coefficient (Wildman–Crippen LogP) is 3.52. The smallest absolute Gasteiger partial charge is 0.0703 e. The minimum absolute atomic E-state index is 0.0288. The van der Waals surface area contributed by atoms with E-state index in [1.54, 1.807) is 7.11 Å². The zero-order valence-corrected chi connectivity index (χ0v) is 11.5. The van der Waals surface area contributed by atoms with Gasteiger partial charge in [-0.25, -0.2) is 0 Å². The summed E-state index contributed by atoms with van der Waals surface area (Å²) >= 11 is 0. The number of aliphatic hydroxyl groups excluding tert-OH is 1. The summed E-state index contributed by atoms with van der Waals surface area (Å²) in [7, 11) is 1.81. The molecule has 2 fully saturated rings. The maximum Gasteiger partial charge on any atom is 0.0703 e. The van der Waals surface area contributed by atoms with Crippen LogP contribution in [-0.4, -0.2) is 23.9 Å². The number of rotatable bonds is 5. The van der Waals surface area contributed by atoms with Gasteiger partial charge in [-0.05, 0) is 43.9 Å². The molecule has 100 valence electrons. The fourth-order valence-electron chi connectivity index (χ4n) is 3.59. The molecule has 0 radical (unpaired) electrons. The lowest BCUT2D eigenvalue weighted by Gasteiger charge is -2.43. The van der Waals surface area contributed by atoms with Crippen molar-refractivity contribution in [1.29, 1.82) is 0 Å². The molecular formula is C15H28O2. The second-order valence-electron chi connectivity index (χ2n) is 6.20. The second-order valence-corrected chi connectivity index (χ2v) is 6.20. The van der Waals surface area contributed by atoms with Gasteiger partial charge >= 0.3 is 0 Å². The van der Waals surface area contributed by atoms with Crippen molar-refractivity contribution in [2.45, 2.75) is 76.4 Å². The second kappa shape index (κ2) is 5.71. The van der Waals surface area contributed by atoms with E-state index in [1.165, 1.54) is 38.5 Å². The largest absolute Gasteiger partial charge is 0.393 e. The van der Waals surface area contributed by atoms with Crippen molar-refractivity contribution in [2.75, 3.05) is 7.11 Å². The van der Waals surface area contributed by atoms with Gasteiger partial charge in [-0.2, -0.15) is 0 Å². The molecule has 0 aromatic rings. The monoisotopic (exact) mass is 240 g/mol. The maximum atomic E-state index is 10.4. The van der Waals surface area contributed by atoms with E-state index < -0.39 is 0 Å². The molecule has 0 bridgehead atoms. The molecule has 1 atom stereocenters. The van der Waals surface area contributed by atoms with Crippen LogP contribution < -0.4 is 0 Å². The average molecular weight is 240 g/mol. The molecule has 0 aliphatic heterocycles. The van der Waals surface area contributed by atoms with Gasteiger partial charge in [-0.3, -0.25) is 0 Å². The first kappa shape index (κ1) is 13.4. The Bertz CT molecular complexity index is 222. The molecule has 2 rings (SSSR count). The van der Waals surface area contributed by atoms with Crippen LogP contribution in [0.1, 0.15) is 64.7 Å². The van der Waals surface area contributed by atoms with Crippen LogP contribution in [0.4, 0.5) is 0 Å². The summed E-state index contributed by atoms with van der Waals surface area (Å²) in [5.41, 5.74) is 0.0288. The molecule has 2 heteroatoms. The first-order chi connectivity index (χ1) is 8.19. The third-order valence-corrected chi connectivity index (χ3v) is 5.29. The van der Waals surface area contributed by atoms with E-state index in [2.05, 4.69) is 6.92 Å². The average Bonchev–Trinajstić information content (AvgIpc) is 2.33. The molecule has 2 saturated carbocycles. The number of methoxy groups -OCH3 is 1. The van der Waals surface area contributed by atoms with Crippen LogP contribution in [0.5, 0.6) is 0 Å². The van der Waals surface area contributed by atoms with Crippen molar-refractivity contribution in [3.63, 3.8) is 0 Å². The summed E-state index contributed by atoms with van der Waals surface area (Å²) in [4.78, 5) is 0. The molecule has 0 amide bonds. The van der Waals surface area contributed by atoms with Crippen molar-refractivity contribution in [3.05, 3.63) is 0 Å². The highest BCUT2D eigenvalue weighted by atomic mass is 16.5. The highest BCUT2D eigenvalue weighted by Crippen LogP contribution is 2.42. The Morgan fingerprint density at radius 1 is 1.24 bits per heavy atom. The van der Waals surface area contributed by atoms with E-state index in [0.29, 0.717) is 5.92 Å². The van der Waals surface area contributed by atoms with Crippen LogP contribution in [0.3, 0.4) is 0 Å². The van der Waals surface area contributed by atoms with Crippen LogP contribution in [0.2, 0.25) is 0 Å². The lowest BCUT2D eigenvalue weighted by Crippen LogP contribution is -2.44. The van der Waals surface area contributed by atoms with Crippen LogP contribution in [0.25, 0.3) is 0 Å². The van der Waals surface area contributed by atoms with Gasteiger partial charge in [0.15, 0.2) is 0 Å². The summed E-state index contributed by atoms with van der Waals surface area (Å²) in [6.07, 6.45) is 10.7. The Kier molecular flexibility index (Phi) is 4.48. The van der Waals surface area contributed by atoms with Crippen LogP contribution >= 0.6 is 0 Å². The number of hydrogen-bond acceptors (Lipinski definition) is 2. The van der Waals surface area contributed by atoms with E-state index in [0.717, 1.165) is 25.2 Å². The lowest BCUT2D eigenvalue weighted by molar-refractivity contribution is -0.110. The Hall–Kier alpha value is -0.0800. The molecule has 2 aliphatic rings. The van der Waals surface area contributed by atoms with E-state index in [1.807, 2.05) is 0 Å². The zero-order valence-electron chi connectivity index (χ0n) is 11.5. The van der Waals surface area contributed by atoms with Gasteiger partial charge < -0.3 is 9.84 Å². The Morgan fingerprint density at radius 3 is 2.29 bits per heavy atom. The molecule has 17 heavy (non-hydrogen) atoms. The van der Waals surface area contributed by atoms with Crippen molar-refractivity contribution in [1.82, 2.24) is 0 Å². The number of hydrogen-bond donors (Lipinski definition) is 1. The fraction of sp³-hybridized carbons (Fsp3) is 1.00. The quantitative estimate of drug-likeness (QED) is 0.796. The first-order valence-corrected chi connectivity index (χ1v) is 7.42. The van der Waals surface area contributed by atoms with Crippen LogP contribution in [0.15, 0.2) is 0 Å². The van der Waals surface area contributed by atoms with Gasteiger partial charge in [0.25, 0.3) is 0 Å². The molecule has 0 heterocycles. The normalized spacial score (nSPS) is 34.1. The molecule has 1 unspecified atom stereocenters. The SMILES string of the molecule is CCC1CCC(C(O)CC2(OC)CCC2)CC1. The zero-order chi connectivity index (χ0) is 12.3. The summed E-state index contributed by atoms with van der Waals surface area (Å²) in [6.45, 7) is 2.29. The van der Waals surface area contributed by atoms with Crippen LogP contribution in [-0.2, 0) is 4.74 Å². The molecule has 2 nitrogen and oxygen atoms in total. The molecule has 0 saturated heterocycles. The van der Waals surface area contributed by atoms with Crippen molar-refractivity contribution >= 4 is 0 Å². The number of aliphatic hydroxyl groups is 1. The van der Waals surface area contributed by atoms with Gasteiger partial charge in [0.1, 0.15) is 0 Å². The van der Waals surface area contributed by atoms with Gasteiger partial charge in [0, 0.05) is 13.5 Å². The van der Waals surface area contributed by atoms with E-state index in [9.17, 15) is 5.11 Å². The summed E-state index contributed by atoms with van der Waals surface area (Å²) in [5, 5.41) is 10.4. The lowest BCUT2D eigenvalue weighted by atomic mass is 9.71. The third kappa shape index (κ3) is 3.03. The van der Waals surface area contributed by atoms with Gasteiger partial charge in [0.2, 0.25) is 0 Å². The maximum absolute atomic E-state index is 10.4. The third-order valence-electron chi connectivity index (χ3n) is 5.29. The molecule has 0 aromatic carbocycles. The van der Waals surface area contributed by atoms with Gasteiger partial charge in [-0.1, -0.05) is 26.2 Å². The van der Waals surface area contributed by atoms with E-state index in [4.69, 9.17) is 4.74 Å². The van der Waals surface area contributed by atoms with E-state index >= 15 is 0 Å². The topological polar surface area (TPSA) is 29.5 Å². The molecule has 0 aromatic heterocycles. The summed E-state index contributed by atoms with van der Waals surface area (Å²) in [6, 6.07) is 0. The first-order valence-electron chi connectivity index (χ1n) is 7.42. The van der Waals surface area contributed by atoms with Crippen molar-refractivity contribution < 1.29 is 9.84 Å². The number of ether oxygens (including phenoxy) is 1. The summed E-state index contributed by atoms with van der Waals surface area (Å²) < 4.78 is 5.62. The van der Waals surface area contributed by atoms with Crippen molar-refractivity contribution in [3.8, 4) is 0 Å². The highest BCUT2D eigenvalue weighted by Gasteiger charge is 2.40. The van der Waals surface area contributed by atoms with Gasteiger partial charge in [-0.15, -0.1) is 0 Å². The minimum atomic E-state index is -0.131. The fourth-order valence-corrected chi connectivity index (χ4v) is 3.59.